The zero-order chi connectivity index (χ0) is 28.4. The maximum Gasteiger partial charge on any atom is 0.389 e. The molecule has 5 N–H and O–H groups in total. The summed E-state index contributed by atoms with van der Waals surface area (Å²) < 4.78 is 47.3. The molecule has 0 heterocycles. The fourth-order valence-electron chi connectivity index (χ4n) is 3.71. The smallest absolute Gasteiger partial charge is 0.389 e. The van der Waals surface area contributed by atoms with Crippen molar-refractivity contribution in [1.29, 1.82) is 0 Å². The summed E-state index contributed by atoms with van der Waals surface area (Å²) in [6.45, 7) is 0.139. The van der Waals surface area contributed by atoms with Crippen LogP contribution in [0.25, 0.3) is 6.08 Å². The molecule has 206 valence electrons. The highest BCUT2D eigenvalue weighted by molar-refractivity contribution is 5.92. The van der Waals surface area contributed by atoms with Gasteiger partial charge < -0.3 is 26.0 Å². The number of alkyl halides is 3. The number of esters is 1. The number of ether oxygens (including phenoxy) is 2. The van der Waals surface area contributed by atoms with Crippen molar-refractivity contribution in [2.45, 2.75) is 38.3 Å². The molecule has 0 aliphatic carbocycles. The molecular weight excluding hydrogens is 513 g/mol. The molecular formula is C29H29F3N2O5. The molecule has 10 heteroatoms. The van der Waals surface area contributed by atoms with E-state index in [1.807, 2.05) is 0 Å². The van der Waals surface area contributed by atoms with E-state index < -0.39 is 24.5 Å². The Bertz CT molecular complexity index is 1280. The third-order valence-electron chi connectivity index (χ3n) is 5.64. The van der Waals surface area contributed by atoms with Gasteiger partial charge in [-0.3, -0.25) is 0 Å². The van der Waals surface area contributed by atoms with Gasteiger partial charge >= 0.3 is 18.1 Å². The molecule has 0 spiro atoms. The number of halogens is 3. The molecule has 0 aromatic heterocycles. The third kappa shape index (κ3) is 10.1. The van der Waals surface area contributed by atoms with E-state index in [4.69, 9.17) is 20.9 Å². The molecule has 0 saturated carbocycles. The number of hydrogen-bond donors (Lipinski definition) is 3. The summed E-state index contributed by atoms with van der Waals surface area (Å²) >= 11 is 0. The Labute approximate surface area is 223 Å². The highest BCUT2D eigenvalue weighted by atomic mass is 19.4. The first-order valence-electron chi connectivity index (χ1n) is 12.2. The van der Waals surface area contributed by atoms with Gasteiger partial charge in [-0.15, -0.1) is 0 Å². The molecule has 0 atom stereocenters. The van der Waals surface area contributed by atoms with Gasteiger partial charge in [0.05, 0.1) is 12.2 Å². The Hall–Kier alpha value is -4.47. The molecule has 3 rings (SSSR count). The number of carbonyl (C=O) groups is 2. The second kappa shape index (κ2) is 13.4. The number of carboxylic acid groups (broad SMARTS) is 1. The fourth-order valence-corrected chi connectivity index (χ4v) is 3.71. The normalized spacial score (nSPS) is 11.7. The van der Waals surface area contributed by atoms with Gasteiger partial charge in [0.25, 0.3) is 0 Å². The van der Waals surface area contributed by atoms with Crippen LogP contribution < -0.4 is 20.9 Å². The van der Waals surface area contributed by atoms with Gasteiger partial charge in [0.1, 0.15) is 11.5 Å². The lowest BCUT2D eigenvalue weighted by Gasteiger charge is -2.09. The van der Waals surface area contributed by atoms with Gasteiger partial charge in [0, 0.05) is 23.4 Å². The van der Waals surface area contributed by atoms with Crippen molar-refractivity contribution in [3.05, 3.63) is 89.0 Å². The minimum absolute atomic E-state index is 0.0150. The Morgan fingerprint density at radius 1 is 0.872 bits per heavy atom. The molecule has 39 heavy (non-hydrogen) atoms. The van der Waals surface area contributed by atoms with Crippen LogP contribution in [0.4, 0.5) is 24.5 Å². The molecule has 0 bridgehead atoms. The Balaban J connectivity index is 1.53. The quantitative estimate of drug-likeness (QED) is 0.0808. The molecule has 0 unspecified atom stereocenters. The van der Waals surface area contributed by atoms with Crippen molar-refractivity contribution in [2.24, 2.45) is 0 Å². The Morgan fingerprint density at radius 3 is 2.08 bits per heavy atom. The lowest BCUT2D eigenvalue weighted by Crippen LogP contribution is -2.09. The lowest BCUT2D eigenvalue weighted by atomic mass is 10.0. The summed E-state index contributed by atoms with van der Waals surface area (Å²) in [5.74, 6) is -0.948. The van der Waals surface area contributed by atoms with Crippen LogP contribution >= 0.6 is 0 Å². The van der Waals surface area contributed by atoms with Crippen molar-refractivity contribution >= 4 is 29.4 Å². The number of benzene rings is 3. The first-order valence-corrected chi connectivity index (χ1v) is 12.2. The van der Waals surface area contributed by atoms with Gasteiger partial charge in [0.15, 0.2) is 0 Å². The summed E-state index contributed by atoms with van der Waals surface area (Å²) in [4.78, 5) is 24.2. The Morgan fingerprint density at radius 2 is 1.49 bits per heavy atom. The van der Waals surface area contributed by atoms with Gasteiger partial charge in [-0.2, -0.15) is 13.2 Å². The summed E-state index contributed by atoms with van der Waals surface area (Å²) in [6.07, 6.45) is -2.51. The van der Waals surface area contributed by atoms with Crippen LogP contribution in [0.2, 0.25) is 0 Å². The molecule has 3 aromatic carbocycles. The van der Waals surface area contributed by atoms with Crippen LogP contribution in [0.15, 0.2) is 72.3 Å². The lowest BCUT2D eigenvalue weighted by molar-refractivity contribution is -0.136. The number of carbonyl (C=O) groups excluding carboxylic acids is 1. The number of anilines is 2. The average Bonchev–Trinajstić information content (AvgIpc) is 2.86. The SMILES string of the molecule is Nc1cc(N)cc(CC/C(=C\c2ccc(OC(=O)c3ccc(OCCCCC(F)(F)F)cc3)cc2)C(=O)O)c1. The number of carboxylic acids is 1. The van der Waals surface area contributed by atoms with Crippen LogP contribution in [0.3, 0.4) is 0 Å². The van der Waals surface area contributed by atoms with Gasteiger partial charge in [0.2, 0.25) is 0 Å². The van der Waals surface area contributed by atoms with Crippen LogP contribution in [-0.4, -0.2) is 29.8 Å². The number of rotatable bonds is 12. The van der Waals surface area contributed by atoms with E-state index in [9.17, 15) is 27.9 Å². The minimum atomic E-state index is -4.17. The summed E-state index contributed by atoms with van der Waals surface area (Å²) in [7, 11) is 0. The molecule has 0 aliphatic heterocycles. The zero-order valence-corrected chi connectivity index (χ0v) is 21.0. The fraction of sp³-hybridized carbons (Fsp3) is 0.241. The van der Waals surface area contributed by atoms with Gasteiger partial charge in [-0.1, -0.05) is 12.1 Å². The molecule has 0 saturated heterocycles. The monoisotopic (exact) mass is 542 g/mol. The maximum atomic E-state index is 12.5. The second-order valence-corrected chi connectivity index (χ2v) is 8.89. The number of aryl methyl sites for hydroxylation is 1. The van der Waals surface area contributed by atoms with E-state index in [1.165, 1.54) is 12.1 Å². The zero-order valence-electron chi connectivity index (χ0n) is 21.0. The average molecular weight is 543 g/mol. The third-order valence-corrected chi connectivity index (χ3v) is 5.64. The molecule has 0 amide bonds. The van der Waals surface area contributed by atoms with E-state index in [-0.39, 0.29) is 42.8 Å². The van der Waals surface area contributed by atoms with Crippen molar-refractivity contribution in [3.8, 4) is 11.5 Å². The predicted molar refractivity (Wildman–Crippen MR) is 142 cm³/mol. The second-order valence-electron chi connectivity index (χ2n) is 8.89. The van der Waals surface area contributed by atoms with Gasteiger partial charge in [-0.25, -0.2) is 9.59 Å². The number of nitrogen functional groups attached to an aromatic ring is 2. The van der Waals surface area contributed by atoms with Crippen molar-refractivity contribution < 1.29 is 37.3 Å². The first kappa shape index (κ1) is 29.1. The number of aliphatic carboxylic acids is 1. The van der Waals surface area contributed by atoms with Crippen molar-refractivity contribution in [3.63, 3.8) is 0 Å². The van der Waals surface area contributed by atoms with Crippen LogP contribution in [-0.2, 0) is 11.2 Å². The molecule has 0 aliphatic rings. The van der Waals surface area contributed by atoms with Crippen LogP contribution in [0.1, 0.15) is 47.2 Å². The van der Waals surface area contributed by atoms with Crippen molar-refractivity contribution in [2.75, 3.05) is 18.1 Å². The predicted octanol–water partition coefficient (Wildman–Crippen LogP) is 6.28. The largest absolute Gasteiger partial charge is 0.494 e. The van der Waals surface area contributed by atoms with E-state index in [2.05, 4.69) is 0 Å². The molecule has 7 nitrogen and oxygen atoms in total. The molecule has 0 radical (unpaired) electrons. The summed E-state index contributed by atoms with van der Waals surface area (Å²) in [6, 6.07) is 17.6. The number of unbranched alkanes of at least 4 members (excludes halogenated alkanes) is 1. The number of hydrogen-bond acceptors (Lipinski definition) is 6. The summed E-state index contributed by atoms with van der Waals surface area (Å²) in [5.41, 5.74) is 14.5. The standard InChI is InChI=1S/C29H29F3N2O5/c30-29(31,32)13-1-2-14-38-25-11-7-21(8-12-25)28(37)39-26-9-4-19(5-10-26)15-22(27(35)36)6-3-20-16-23(33)18-24(34)17-20/h4-5,7-12,15-18H,1-3,6,13-14,33-34H2,(H,35,36)/b22-15+. The van der Waals surface area contributed by atoms with E-state index >= 15 is 0 Å². The highest BCUT2D eigenvalue weighted by Crippen LogP contribution is 2.23. The van der Waals surface area contributed by atoms with E-state index in [1.54, 1.807) is 60.7 Å². The summed E-state index contributed by atoms with van der Waals surface area (Å²) in [5, 5.41) is 9.60. The highest BCUT2D eigenvalue weighted by Gasteiger charge is 2.25. The molecule has 3 aromatic rings. The van der Waals surface area contributed by atoms with Crippen LogP contribution in [0, 0.1) is 0 Å². The van der Waals surface area contributed by atoms with Crippen LogP contribution in [0.5, 0.6) is 11.5 Å². The Kier molecular flexibility index (Phi) is 9.97. The maximum absolute atomic E-state index is 12.5. The number of nitrogens with two attached hydrogens (primary N) is 2. The van der Waals surface area contributed by atoms with Gasteiger partial charge in [-0.05, 0) is 97.5 Å². The van der Waals surface area contributed by atoms with Crippen molar-refractivity contribution in [1.82, 2.24) is 0 Å². The topological polar surface area (TPSA) is 125 Å². The van der Waals surface area contributed by atoms with E-state index in [0.717, 1.165) is 5.56 Å². The molecule has 0 fully saturated rings. The minimum Gasteiger partial charge on any atom is -0.494 e. The van der Waals surface area contributed by atoms with E-state index in [0.29, 0.717) is 29.1 Å². The first-order chi connectivity index (χ1) is 18.5.